The van der Waals surface area contributed by atoms with Gasteiger partial charge in [-0.25, -0.2) is 0 Å². The van der Waals surface area contributed by atoms with E-state index >= 15 is 0 Å². The van der Waals surface area contributed by atoms with Crippen LogP contribution in [0.4, 0.5) is 0 Å². The summed E-state index contributed by atoms with van der Waals surface area (Å²) in [5.41, 5.74) is 5.01. The first kappa shape index (κ1) is 10.6. The monoisotopic (exact) mass is 173 g/mol. The van der Waals surface area contributed by atoms with Crippen LogP contribution in [0.25, 0.3) is 0 Å². The van der Waals surface area contributed by atoms with Crippen LogP contribution >= 0.6 is 0 Å². The molecule has 0 aliphatic heterocycles. The summed E-state index contributed by atoms with van der Waals surface area (Å²) in [6, 6.07) is 0. The SMILES string of the molecule is [CH2-]CC/C=C/N.[Y]. The average molecular weight is 173 g/mol. The van der Waals surface area contributed by atoms with Gasteiger partial charge < -0.3 is 12.7 Å². The van der Waals surface area contributed by atoms with Crippen LogP contribution in [0.1, 0.15) is 12.8 Å². The number of unbranched alkanes of at least 4 members (excludes halogenated alkanes) is 1. The zero-order valence-electron chi connectivity index (χ0n) is 4.43. The Morgan fingerprint density at radius 2 is 2.14 bits per heavy atom. The molecule has 7 heavy (non-hydrogen) atoms. The van der Waals surface area contributed by atoms with E-state index in [2.05, 4.69) is 6.92 Å². The molecule has 0 unspecified atom stereocenters. The summed E-state index contributed by atoms with van der Waals surface area (Å²) in [4.78, 5) is 0. The van der Waals surface area contributed by atoms with Gasteiger partial charge in [-0.3, -0.25) is 0 Å². The van der Waals surface area contributed by atoms with Gasteiger partial charge in [0, 0.05) is 32.7 Å². The Bertz CT molecular complexity index is 43.3. The first-order valence-electron chi connectivity index (χ1n) is 2.07. The predicted molar refractivity (Wildman–Crippen MR) is 27.9 cm³/mol. The van der Waals surface area contributed by atoms with Crippen molar-refractivity contribution in [3.8, 4) is 0 Å². The van der Waals surface area contributed by atoms with Crippen LogP contribution in [0.2, 0.25) is 0 Å². The molecule has 39 valence electrons. The van der Waals surface area contributed by atoms with Crippen molar-refractivity contribution in [3.63, 3.8) is 0 Å². The molecule has 0 saturated heterocycles. The first-order valence-corrected chi connectivity index (χ1v) is 2.07. The minimum atomic E-state index is 0. The van der Waals surface area contributed by atoms with Gasteiger partial charge in [-0.2, -0.15) is 6.42 Å². The molecule has 0 aromatic heterocycles. The van der Waals surface area contributed by atoms with Gasteiger partial charge in [0.05, 0.1) is 0 Å². The van der Waals surface area contributed by atoms with Crippen molar-refractivity contribution in [2.75, 3.05) is 0 Å². The number of hydrogen-bond donors (Lipinski definition) is 1. The zero-order valence-corrected chi connectivity index (χ0v) is 7.27. The third-order valence-electron chi connectivity index (χ3n) is 0.507. The predicted octanol–water partition coefficient (Wildman–Crippen LogP) is 1.07. The second kappa shape index (κ2) is 9.81. The number of rotatable bonds is 2. The molecule has 2 heteroatoms. The van der Waals surface area contributed by atoms with Gasteiger partial charge in [-0.1, -0.05) is 12.5 Å². The molecule has 0 heterocycles. The summed E-state index contributed by atoms with van der Waals surface area (Å²) in [6.07, 6.45) is 5.38. The van der Waals surface area contributed by atoms with E-state index in [-0.39, 0.29) is 32.7 Å². The van der Waals surface area contributed by atoms with Crippen molar-refractivity contribution >= 4 is 0 Å². The molecule has 0 aliphatic rings. The molecule has 0 rings (SSSR count). The number of allylic oxidation sites excluding steroid dienone is 1. The molecule has 1 nitrogen and oxygen atoms in total. The third kappa shape index (κ3) is 10.8. The summed E-state index contributed by atoms with van der Waals surface area (Å²) in [5, 5.41) is 0. The van der Waals surface area contributed by atoms with Gasteiger partial charge >= 0.3 is 0 Å². The molecule has 2 N–H and O–H groups in total. The Morgan fingerprint density at radius 3 is 2.29 bits per heavy atom. The normalized spacial score (nSPS) is 8.71. The smallest absolute Gasteiger partial charge is 0 e. The molecule has 0 bridgehead atoms. The fourth-order valence-corrected chi connectivity index (χ4v) is 0.214. The Hall–Kier alpha value is 0.644. The molecule has 0 aliphatic carbocycles. The van der Waals surface area contributed by atoms with Crippen molar-refractivity contribution < 1.29 is 32.7 Å². The molecule has 0 atom stereocenters. The second-order valence-electron chi connectivity index (χ2n) is 1.07. The van der Waals surface area contributed by atoms with Crippen molar-refractivity contribution in [3.05, 3.63) is 19.2 Å². The van der Waals surface area contributed by atoms with E-state index in [1.807, 2.05) is 6.08 Å². The quantitative estimate of drug-likeness (QED) is 0.621. The maximum atomic E-state index is 5.01. The second-order valence-corrected chi connectivity index (χ2v) is 1.07. The van der Waals surface area contributed by atoms with E-state index in [0.29, 0.717) is 0 Å². The van der Waals surface area contributed by atoms with Crippen LogP contribution in [0, 0.1) is 6.92 Å². The van der Waals surface area contributed by atoms with Crippen molar-refractivity contribution in [2.24, 2.45) is 5.73 Å². The van der Waals surface area contributed by atoms with E-state index in [1.54, 1.807) is 6.20 Å². The molecule has 0 spiro atoms. The molecule has 0 aromatic carbocycles. The molecule has 0 aromatic rings. The van der Waals surface area contributed by atoms with Gasteiger partial charge in [0.15, 0.2) is 0 Å². The Kier molecular flexibility index (Phi) is 14.8. The molecular weight excluding hydrogens is 163 g/mol. The van der Waals surface area contributed by atoms with E-state index < -0.39 is 0 Å². The molecular formula is C5H10NY-. The van der Waals surface area contributed by atoms with Crippen molar-refractivity contribution in [2.45, 2.75) is 12.8 Å². The minimum absolute atomic E-state index is 0. The summed E-state index contributed by atoms with van der Waals surface area (Å²) in [6.45, 7) is 3.62. The molecule has 0 amide bonds. The average Bonchev–Trinajstić information content (AvgIpc) is 1.61. The first-order chi connectivity index (χ1) is 2.91. The van der Waals surface area contributed by atoms with Crippen LogP contribution in [0.15, 0.2) is 12.3 Å². The van der Waals surface area contributed by atoms with Crippen LogP contribution in [-0.2, 0) is 32.7 Å². The Balaban J connectivity index is 0. The topological polar surface area (TPSA) is 26.0 Å². The van der Waals surface area contributed by atoms with Crippen molar-refractivity contribution in [1.82, 2.24) is 0 Å². The maximum absolute atomic E-state index is 5.01. The largest absolute Gasteiger partial charge is 0.405 e. The molecule has 0 saturated carbocycles. The summed E-state index contributed by atoms with van der Waals surface area (Å²) >= 11 is 0. The fraction of sp³-hybridized carbons (Fsp3) is 0.400. The van der Waals surface area contributed by atoms with E-state index in [1.165, 1.54) is 0 Å². The molecule has 1 radical (unpaired) electrons. The van der Waals surface area contributed by atoms with Crippen LogP contribution in [0.3, 0.4) is 0 Å². The summed E-state index contributed by atoms with van der Waals surface area (Å²) < 4.78 is 0. The standard InChI is InChI=1S/C5H10N.Y/c1-2-3-4-5-6;/h4-5H,1-3,6H2;/q-1;/b5-4+;. The zero-order chi connectivity index (χ0) is 4.83. The van der Waals surface area contributed by atoms with Crippen LogP contribution in [0.5, 0.6) is 0 Å². The van der Waals surface area contributed by atoms with Crippen molar-refractivity contribution in [1.29, 1.82) is 0 Å². The maximum Gasteiger partial charge on any atom is 0 e. The minimum Gasteiger partial charge on any atom is -0.405 e. The summed E-state index contributed by atoms with van der Waals surface area (Å²) in [7, 11) is 0. The van der Waals surface area contributed by atoms with Gasteiger partial charge in [-0.05, 0) is 6.20 Å². The van der Waals surface area contributed by atoms with Crippen LogP contribution in [-0.4, -0.2) is 0 Å². The number of hydrogen-bond acceptors (Lipinski definition) is 1. The van der Waals surface area contributed by atoms with Gasteiger partial charge in [0.1, 0.15) is 0 Å². The van der Waals surface area contributed by atoms with Crippen LogP contribution < -0.4 is 5.73 Å². The van der Waals surface area contributed by atoms with E-state index in [9.17, 15) is 0 Å². The van der Waals surface area contributed by atoms with E-state index in [0.717, 1.165) is 12.8 Å². The molecule has 0 fully saturated rings. The van der Waals surface area contributed by atoms with Gasteiger partial charge in [0.2, 0.25) is 0 Å². The van der Waals surface area contributed by atoms with Gasteiger partial charge in [0.25, 0.3) is 0 Å². The fourth-order valence-electron chi connectivity index (χ4n) is 0.214. The number of nitrogens with two attached hydrogens (primary N) is 1. The van der Waals surface area contributed by atoms with E-state index in [4.69, 9.17) is 5.73 Å². The van der Waals surface area contributed by atoms with Gasteiger partial charge in [-0.15, -0.1) is 0 Å². The third-order valence-corrected chi connectivity index (χ3v) is 0.507. The summed E-state index contributed by atoms with van der Waals surface area (Å²) in [5.74, 6) is 0. The Morgan fingerprint density at radius 1 is 1.57 bits per heavy atom. The Labute approximate surface area is 70.2 Å².